The summed E-state index contributed by atoms with van der Waals surface area (Å²) in [6, 6.07) is 8.51. The molecule has 0 aliphatic carbocycles. The van der Waals surface area contributed by atoms with E-state index in [0.29, 0.717) is 0 Å². The third-order valence-corrected chi connectivity index (χ3v) is 4.95. The molecule has 0 amide bonds. The van der Waals surface area contributed by atoms with Gasteiger partial charge in [-0.05, 0) is 41.6 Å². The fourth-order valence-corrected chi connectivity index (χ4v) is 3.96. The second kappa shape index (κ2) is 4.56. The Hall–Kier alpha value is -1.23. The van der Waals surface area contributed by atoms with Crippen LogP contribution in [0.15, 0.2) is 42.0 Å². The van der Waals surface area contributed by atoms with Gasteiger partial charge >= 0.3 is 0 Å². The Kier molecular flexibility index (Phi) is 2.93. The van der Waals surface area contributed by atoms with Crippen LogP contribution in [0.25, 0.3) is 9.40 Å². The number of fused-ring (bicyclic) bond motifs is 1. The van der Waals surface area contributed by atoms with Gasteiger partial charge in [0.2, 0.25) is 0 Å². The highest BCUT2D eigenvalue weighted by Crippen LogP contribution is 2.33. The van der Waals surface area contributed by atoms with Gasteiger partial charge in [-0.15, -0.1) is 22.7 Å². The Bertz CT molecular complexity index is 584. The molecular formula is C13H12N2S2. The number of nitrogens with zero attached hydrogens (tertiary/aromatic N) is 1. The van der Waals surface area contributed by atoms with E-state index in [2.05, 4.69) is 22.5 Å². The lowest BCUT2D eigenvalue weighted by Crippen LogP contribution is -2.11. The van der Waals surface area contributed by atoms with E-state index in [9.17, 15) is 0 Å². The molecule has 1 unspecified atom stereocenters. The van der Waals surface area contributed by atoms with Gasteiger partial charge in [0.05, 0.1) is 0 Å². The molecule has 3 heterocycles. The van der Waals surface area contributed by atoms with Crippen LogP contribution in [0.1, 0.15) is 16.5 Å². The Balaban J connectivity index is 1.82. The number of hydrogen-bond acceptors (Lipinski definition) is 4. The van der Waals surface area contributed by atoms with Crippen LogP contribution in [0.5, 0.6) is 0 Å². The average Bonchev–Trinajstić information content (AvgIpc) is 2.90. The van der Waals surface area contributed by atoms with E-state index < -0.39 is 0 Å². The molecule has 0 radical (unpaired) electrons. The van der Waals surface area contributed by atoms with Crippen molar-refractivity contribution in [1.29, 1.82) is 0 Å². The van der Waals surface area contributed by atoms with Crippen LogP contribution in [-0.4, -0.2) is 4.98 Å². The van der Waals surface area contributed by atoms with Crippen LogP contribution >= 0.6 is 22.7 Å². The summed E-state index contributed by atoms with van der Waals surface area (Å²) in [4.78, 5) is 5.28. The number of pyridine rings is 1. The number of hydrogen-bond donors (Lipinski definition) is 1. The number of thiophene rings is 2. The predicted octanol–water partition coefficient (Wildman–Crippen LogP) is 3.60. The molecule has 2 N–H and O–H groups in total. The molecule has 2 nitrogen and oxygen atoms in total. The van der Waals surface area contributed by atoms with Crippen LogP contribution in [0.2, 0.25) is 0 Å². The van der Waals surface area contributed by atoms with Gasteiger partial charge in [0.25, 0.3) is 0 Å². The summed E-state index contributed by atoms with van der Waals surface area (Å²) in [6.07, 6.45) is 4.50. The minimum atomic E-state index is 0.0852. The van der Waals surface area contributed by atoms with Crippen molar-refractivity contribution in [2.24, 2.45) is 5.73 Å². The molecule has 17 heavy (non-hydrogen) atoms. The summed E-state index contributed by atoms with van der Waals surface area (Å²) >= 11 is 3.58. The molecule has 0 saturated carbocycles. The number of aromatic nitrogens is 1. The van der Waals surface area contributed by atoms with Crippen LogP contribution in [0.3, 0.4) is 0 Å². The fourth-order valence-electron chi connectivity index (χ4n) is 1.84. The Morgan fingerprint density at radius 3 is 2.76 bits per heavy atom. The van der Waals surface area contributed by atoms with E-state index in [1.54, 1.807) is 22.7 Å². The van der Waals surface area contributed by atoms with Crippen LogP contribution in [0, 0.1) is 0 Å². The first kappa shape index (κ1) is 10.9. The molecule has 0 aliphatic rings. The lowest BCUT2D eigenvalue weighted by atomic mass is 10.1. The smallest absolute Gasteiger partial charge is 0.0454 e. The van der Waals surface area contributed by atoms with Crippen molar-refractivity contribution in [2.45, 2.75) is 12.5 Å². The molecule has 3 aromatic heterocycles. The highest BCUT2D eigenvalue weighted by molar-refractivity contribution is 7.26. The lowest BCUT2D eigenvalue weighted by Gasteiger charge is -2.08. The molecule has 0 fully saturated rings. The van der Waals surface area contributed by atoms with Crippen molar-refractivity contribution in [3.8, 4) is 0 Å². The van der Waals surface area contributed by atoms with Crippen LogP contribution in [-0.2, 0) is 6.42 Å². The summed E-state index contributed by atoms with van der Waals surface area (Å²) < 4.78 is 2.69. The van der Waals surface area contributed by atoms with E-state index in [4.69, 9.17) is 5.73 Å². The molecule has 1 atom stereocenters. The van der Waals surface area contributed by atoms with Crippen molar-refractivity contribution < 1.29 is 0 Å². The molecular weight excluding hydrogens is 248 g/mol. The first-order valence-electron chi connectivity index (χ1n) is 5.44. The van der Waals surface area contributed by atoms with Gasteiger partial charge in [0, 0.05) is 32.7 Å². The molecule has 0 aliphatic heterocycles. The summed E-state index contributed by atoms with van der Waals surface area (Å²) in [7, 11) is 0. The van der Waals surface area contributed by atoms with E-state index >= 15 is 0 Å². The van der Waals surface area contributed by atoms with Gasteiger partial charge in [-0.1, -0.05) is 0 Å². The summed E-state index contributed by atoms with van der Waals surface area (Å²) in [5.41, 5.74) is 7.48. The lowest BCUT2D eigenvalue weighted by molar-refractivity contribution is 0.736. The van der Waals surface area contributed by atoms with Gasteiger partial charge in [-0.2, -0.15) is 0 Å². The Morgan fingerprint density at radius 1 is 1.18 bits per heavy atom. The quantitative estimate of drug-likeness (QED) is 0.781. The van der Waals surface area contributed by atoms with Crippen molar-refractivity contribution in [2.75, 3.05) is 0 Å². The highest BCUT2D eigenvalue weighted by Gasteiger charge is 2.11. The van der Waals surface area contributed by atoms with E-state index in [0.717, 1.165) is 6.42 Å². The zero-order valence-electron chi connectivity index (χ0n) is 9.17. The van der Waals surface area contributed by atoms with Gasteiger partial charge < -0.3 is 5.73 Å². The maximum Gasteiger partial charge on any atom is 0.0454 e. The Labute approximate surface area is 108 Å². The Morgan fingerprint density at radius 2 is 2.00 bits per heavy atom. The highest BCUT2D eigenvalue weighted by atomic mass is 32.1. The normalized spacial score (nSPS) is 13.0. The largest absolute Gasteiger partial charge is 0.323 e. The second-order valence-corrected chi connectivity index (χ2v) is 6.03. The molecule has 0 saturated heterocycles. The third-order valence-electron chi connectivity index (χ3n) is 2.73. The third kappa shape index (κ3) is 2.24. The molecule has 86 valence electrons. The first-order valence-corrected chi connectivity index (χ1v) is 7.14. The summed E-state index contributed by atoms with van der Waals surface area (Å²) in [6.45, 7) is 0. The van der Waals surface area contributed by atoms with Crippen molar-refractivity contribution >= 4 is 32.1 Å². The summed E-state index contributed by atoms with van der Waals surface area (Å²) in [5.74, 6) is 0. The monoisotopic (exact) mass is 260 g/mol. The van der Waals surface area contributed by atoms with Gasteiger partial charge in [0.15, 0.2) is 0 Å². The van der Waals surface area contributed by atoms with E-state index in [1.165, 1.54) is 19.8 Å². The van der Waals surface area contributed by atoms with Gasteiger partial charge in [0.1, 0.15) is 0 Å². The standard InChI is InChI=1S/C13H12N2S2/c14-10(7-9-1-4-15-5-2-9)12-8-13-11(17-12)3-6-16-13/h1-6,8,10H,7,14H2. The van der Waals surface area contributed by atoms with Gasteiger partial charge in [-0.25, -0.2) is 0 Å². The second-order valence-electron chi connectivity index (χ2n) is 3.96. The first-order chi connectivity index (χ1) is 8.33. The maximum atomic E-state index is 6.24. The molecule has 4 heteroatoms. The number of nitrogens with two attached hydrogens (primary N) is 1. The molecule has 3 rings (SSSR count). The number of rotatable bonds is 3. The minimum absolute atomic E-state index is 0.0852. The average molecular weight is 260 g/mol. The maximum absolute atomic E-state index is 6.24. The van der Waals surface area contributed by atoms with Crippen molar-refractivity contribution in [1.82, 2.24) is 4.98 Å². The topological polar surface area (TPSA) is 38.9 Å². The zero-order valence-corrected chi connectivity index (χ0v) is 10.8. The van der Waals surface area contributed by atoms with Gasteiger partial charge in [-0.3, -0.25) is 4.98 Å². The molecule has 0 bridgehead atoms. The predicted molar refractivity (Wildman–Crippen MR) is 74.6 cm³/mol. The molecule has 0 spiro atoms. The summed E-state index contributed by atoms with van der Waals surface area (Å²) in [5, 5.41) is 2.12. The van der Waals surface area contributed by atoms with Crippen LogP contribution in [0.4, 0.5) is 0 Å². The van der Waals surface area contributed by atoms with E-state index in [1.807, 2.05) is 24.5 Å². The fraction of sp³-hybridized carbons (Fsp3) is 0.154. The van der Waals surface area contributed by atoms with Crippen molar-refractivity contribution in [3.63, 3.8) is 0 Å². The zero-order chi connectivity index (χ0) is 11.7. The molecule has 3 aromatic rings. The molecule has 0 aromatic carbocycles. The van der Waals surface area contributed by atoms with E-state index in [-0.39, 0.29) is 6.04 Å². The van der Waals surface area contributed by atoms with Crippen molar-refractivity contribution in [3.05, 3.63) is 52.5 Å². The SMILES string of the molecule is NC(Cc1ccncc1)c1cc2sccc2s1. The van der Waals surface area contributed by atoms with Crippen LogP contribution < -0.4 is 5.73 Å². The minimum Gasteiger partial charge on any atom is -0.323 e.